The van der Waals surface area contributed by atoms with Gasteiger partial charge in [0.15, 0.2) is 5.69 Å². The Morgan fingerprint density at radius 2 is 2.00 bits per heavy atom. The van der Waals surface area contributed by atoms with Gasteiger partial charge in [-0.25, -0.2) is 0 Å². The molecule has 0 radical (unpaired) electrons. The molecule has 0 aliphatic carbocycles. The first kappa shape index (κ1) is 18.4. The lowest BCUT2D eigenvalue weighted by Crippen LogP contribution is -2.39. The molecule has 2 aromatic carbocycles. The molecule has 28 heavy (non-hydrogen) atoms. The molecule has 1 aromatic heterocycles. The molecule has 1 saturated heterocycles. The lowest BCUT2D eigenvalue weighted by Gasteiger charge is -2.32. The first-order chi connectivity index (χ1) is 13.7. The molecule has 5 heteroatoms. The predicted octanol–water partition coefficient (Wildman–Crippen LogP) is 3.85. The van der Waals surface area contributed by atoms with E-state index in [2.05, 4.69) is 53.6 Å². The Hall–Kier alpha value is -2.95. The Balaban J connectivity index is 1.39. The highest BCUT2D eigenvalue weighted by Gasteiger charge is 2.27. The third kappa shape index (κ3) is 4.30. The number of hydrogen-bond acceptors (Lipinski definition) is 3. The monoisotopic (exact) mass is 374 g/mol. The summed E-state index contributed by atoms with van der Waals surface area (Å²) in [7, 11) is 0. The van der Waals surface area contributed by atoms with Gasteiger partial charge in [0.05, 0.1) is 6.20 Å². The van der Waals surface area contributed by atoms with Crippen LogP contribution < -0.4 is 0 Å². The summed E-state index contributed by atoms with van der Waals surface area (Å²) < 4.78 is 1.77. The van der Waals surface area contributed by atoms with Gasteiger partial charge in [-0.1, -0.05) is 65.4 Å². The number of aryl methyl sites for hydroxylation is 3. The van der Waals surface area contributed by atoms with Crippen LogP contribution in [0.5, 0.6) is 0 Å². The van der Waals surface area contributed by atoms with Crippen LogP contribution in [0.4, 0.5) is 0 Å². The quantitative estimate of drug-likeness (QED) is 0.682. The second kappa shape index (κ2) is 8.38. The second-order valence-corrected chi connectivity index (χ2v) is 7.61. The topological polar surface area (TPSA) is 51.0 Å². The molecule has 5 nitrogen and oxygen atoms in total. The van der Waals surface area contributed by atoms with E-state index in [0.29, 0.717) is 11.6 Å². The summed E-state index contributed by atoms with van der Waals surface area (Å²) in [6.45, 7) is 4.37. The van der Waals surface area contributed by atoms with Crippen LogP contribution in [0.25, 0.3) is 0 Å². The lowest BCUT2D eigenvalue weighted by atomic mass is 9.90. The van der Waals surface area contributed by atoms with Crippen LogP contribution in [0, 0.1) is 6.92 Å². The molecule has 1 aliphatic rings. The molecule has 1 atom stereocenters. The molecule has 0 saturated carbocycles. The first-order valence-corrected chi connectivity index (χ1v) is 9.99. The molecule has 144 valence electrons. The predicted molar refractivity (Wildman–Crippen MR) is 109 cm³/mol. The van der Waals surface area contributed by atoms with Gasteiger partial charge in [0, 0.05) is 25.6 Å². The maximum Gasteiger partial charge on any atom is 0.276 e. The Kier molecular flexibility index (Phi) is 5.51. The zero-order valence-electron chi connectivity index (χ0n) is 16.3. The van der Waals surface area contributed by atoms with E-state index >= 15 is 0 Å². The molecular formula is C23H26N4O. The van der Waals surface area contributed by atoms with Crippen molar-refractivity contribution < 1.29 is 4.79 Å². The van der Waals surface area contributed by atoms with E-state index in [1.165, 1.54) is 16.7 Å². The van der Waals surface area contributed by atoms with E-state index < -0.39 is 0 Å². The van der Waals surface area contributed by atoms with E-state index in [4.69, 9.17) is 0 Å². The number of aromatic nitrogens is 3. The number of piperidine rings is 1. The highest BCUT2D eigenvalue weighted by Crippen LogP contribution is 2.28. The Labute approximate surface area is 166 Å². The number of benzene rings is 2. The van der Waals surface area contributed by atoms with Gasteiger partial charge in [-0.15, -0.1) is 5.10 Å². The minimum absolute atomic E-state index is 0.0108. The number of carbonyl (C=O) groups excluding carboxylic acids is 1. The van der Waals surface area contributed by atoms with Gasteiger partial charge in [0.1, 0.15) is 0 Å². The largest absolute Gasteiger partial charge is 0.337 e. The zero-order valence-corrected chi connectivity index (χ0v) is 16.3. The summed E-state index contributed by atoms with van der Waals surface area (Å²) in [5, 5.41) is 8.29. The van der Waals surface area contributed by atoms with Crippen molar-refractivity contribution in [2.45, 2.75) is 38.6 Å². The fourth-order valence-corrected chi connectivity index (χ4v) is 3.91. The zero-order chi connectivity index (χ0) is 19.3. The summed E-state index contributed by atoms with van der Waals surface area (Å²) in [4.78, 5) is 14.9. The van der Waals surface area contributed by atoms with Gasteiger partial charge in [-0.2, -0.15) is 0 Å². The van der Waals surface area contributed by atoms with Crippen LogP contribution in [0.1, 0.15) is 45.9 Å². The highest BCUT2D eigenvalue weighted by molar-refractivity contribution is 5.92. The van der Waals surface area contributed by atoms with Crippen molar-refractivity contribution in [3.05, 3.63) is 83.2 Å². The molecule has 2 heterocycles. The molecule has 1 aliphatic heterocycles. The first-order valence-electron chi connectivity index (χ1n) is 9.99. The number of nitrogens with zero attached hydrogens (tertiary/aromatic N) is 4. The molecular weight excluding hydrogens is 348 g/mol. The summed E-state index contributed by atoms with van der Waals surface area (Å²) in [5.41, 5.74) is 4.28. The van der Waals surface area contributed by atoms with Crippen molar-refractivity contribution in [1.82, 2.24) is 19.9 Å². The van der Waals surface area contributed by atoms with Crippen LogP contribution in [0.2, 0.25) is 0 Å². The number of amides is 1. The summed E-state index contributed by atoms with van der Waals surface area (Å²) in [5.74, 6) is 0.383. The van der Waals surface area contributed by atoms with Crippen LogP contribution in [-0.4, -0.2) is 38.9 Å². The van der Waals surface area contributed by atoms with E-state index in [-0.39, 0.29) is 5.91 Å². The summed E-state index contributed by atoms with van der Waals surface area (Å²) in [6.07, 6.45) is 4.79. The van der Waals surface area contributed by atoms with Crippen molar-refractivity contribution in [1.29, 1.82) is 0 Å². The maximum absolute atomic E-state index is 12.9. The van der Waals surface area contributed by atoms with Gasteiger partial charge in [-0.3, -0.25) is 9.48 Å². The second-order valence-electron chi connectivity index (χ2n) is 7.61. The average molecular weight is 374 g/mol. The minimum atomic E-state index is -0.0108. The molecule has 0 N–H and O–H groups in total. The minimum Gasteiger partial charge on any atom is -0.337 e. The van der Waals surface area contributed by atoms with Crippen molar-refractivity contribution in [3.8, 4) is 0 Å². The fraction of sp³-hybridized carbons (Fsp3) is 0.348. The van der Waals surface area contributed by atoms with E-state index in [1.807, 2.05) is 23.1 Å². The Bertz CT molecular complexity index is 935. The summed E-state index contributed by atoms with van der Waals surface area (Å²) in [6, 6.07) is 18.9. The third-order valence-corrected chi connectivity index (χ3v) is 5.45. The fourth-order valence-electron chi connectivity index (χ4n) is 3.91. The highest BCUT2D eigenvalue weighted by atomic mass is 16.2. The van der Waals surface area contributed by atoms with E-state index in [9.17, 15) is 4.79 Å². The van der Waals surface area contributed by atoms with Gasteiger partial charge in [0.2, 0.25) is 0 Å². The normalized spacial score (nSPS) is 16.9. The smallest absolute Gasteiger partial charge is 0.276 e. The number of likely N-dealkylation sites (tertiary alicyclic amines) is 1. The molecule has 1 fully saturated rings. The van der Waals surface area contributed by atoms with Crippen molar-refractivity contribution >= 4 is 5.91 Å². The van der Waals surface area contributed by atoms with Crippen LogP contribution in [0.3, 0.4) is 0 Å². The Morgan fingerprint density at radius 3 is 2.82 bits per heavy atom. The molecule has 3 aromatic rings. The third-order valence-electron chi connectivity index (χ3n) is 5.45. The SMILES string of the molecule is Cc1cccc(C2CCCN(C(=O)c3cn(CCc4ccccc4)nn3)C2)c1. The van der Waals surface area contributed by atoms with Gasteiger partial charge in [-0.05, 0) is 37.3 Å². The molecule has 0 spiro atoms. The molecule has 4 rings (SSSR count). The van der Waals surface area contributed by atoms with Crippen LogP contribution in [0.15, 0.2) is 60.8 Å². The number of carbonyl (C=O) groups is 1. The standard InChI is InChI=1S/C23H26N4O/c1-18-7-5-10-20(15-18)21-11-6-13-26(16-21)23(28)22-17-27(25-24-22)14-12-19-8-3-2-4-9-19/h2-5,7-10,15,17,21H,6,11-14,16H2,1H3. The van der Waals surface area contributed by atoms with Gasteiger partial charge >= 0.3 is 0 Å². The summed E-state index contributed by atoms with van der Waals surface area (Å²) >= 11 is 0. The van der Waals surface area contributed by atoms with Gasteiger partial charge < -0.3 is 4.90 Å². The van der Waals surface area contributed by atoms with Crippen molar-refractivity contribution in [2.24, 2.45) is 0 Å². The van der Waals surface area contributed by atoms with Crippen LogP contribution >= 0.6 is 0 Å². The number of hydrogen-bond donors (Lipinski definition) is 0. The lowest BCUT2D eigenvalue weighted by molar-refractivity contribution is 0.0701. The number of rotatable bonds is 5. The molecule has 1 unspecified atom stereocenters. The van der Waals surface area contributed by atoms with Crippen LogP contribution in [-0.2, 0) is 13.0 Å². The maximum atomic E-state index is 12.9. The van der Waals surface area contributed by atoms with Crippen molar-refractivity contribution in [3.63, 3.8) is 0 Å². The van der Waals surface area contributed by atoms with Crippen molar-refractivity contribution in [2.75, 3.05) is 13.1 Å². The van der Waals surface area contributed by atoms with E-state index in [0.717, 1.165) is 38.9 Å². The van der Waals surface area contributed by atoms with E-state index in [1.54, 1.807) is 10.9 Å². The molecule has 0 bridgehead atoms. The average Bonchev–Trinajstić information content (AvgIpc) is 3.22. The Morgan fingerprint density at radius 1 is 1.14 bits per heavy atom. The van der Waals surface area contributed by atoms with Gasteiger partial charge in [0.25, 0.3) is 5.91 Å². The molecule has 1 amide bonds.